The molecule has 0 unspecified atom stereocenters. The van der Waals surface area contributed by atoms with Crippen LogP contribution in [0.5, 0.6) is 5.75 Å². The van der Waals surface area contributed by atoms with E-state index in [0.29, 0.717) is 16.8 Å². The molecule has 12 heteroatoms. The third kappa shape index (κ3) is 3.64. The van der Waals surface area contributed by atoms with Gasteiger partial charge in [-0.25, -0.2) is 9.97 Å². The van der Waals surface area contributed by atoms with Gasteiger partial charge in [0.2, 0.25) is 17.7 Å². The molecule has 0 saturated carbocycles. The maximum Gasteiger partial charge on any atom is 0.307 e. The van der Waals surface area contributed by atoms with E-state index in [1.807, 2.05) is 0 Å². The summed E-state index contributed by atoms with van der Waals surface area (Å²) < 4.78 is 20.6. The average Bonchev–Trinajstić information content (AvgIpc) is 3.14. The summed E-state index contributed by atoms with van der Waals surface area (Å²) >= 11 is 0. The second-order valence-electron chi connectivity index (χ2n) is 6.74. The zero-order valence-corrected chi connectivity index (χ0v) is 16.9. The van der Waals surface area contributed by atoms with Crippen LogP contribution in [0.2, 0.25) is 0 Å². The van der Waals surface area contributed by atoms with Crippen LogP contribution in [0.15, 0.2) is 42.7 Å². The summed E-state index contributed by atoms with van der Waals surface area (Å²) in [6, 6.07) is 6.76. The number of aryl methyl sites for hydroxylation is 1. The molecule has 11 nitrogen and oxygen atoms in total. The number of anilines is 2. The summed E-state index contributed by atoms with van der Waals surface area (Å²) in [6.45, 7) is 0. The van der Waals surface area contributed by atoms with Gasteiger partial charge in [0.05, 0.1) is 35.1 Å². The van der Waals surface area contributed by atoms with Gasteiger partial charge in [-0.3, -0.25) is 19.6 Å². The Morgan fingerprint density at radius 2 is 2.09 bits per heavy atom. The Morgan fingerprint density at radius 3 is 2.78 bits per heavy atom. The van der Waals surface area contributed by atoms with Crippen molar-refractivity contribution in [1.29, 1.82) is 0 Å². The standard InChI is InChI=1S/C20H16FN7O4/c1-27-16-6-10(19(22)29)5-11(12(16)9-24-27)14-3-4-23-20(25-14)26-15-8-17(28(30)31)13(21)7-18(15)32-2/h3-9H,1-2H3,(H2,22,29)(H,23,25,26). The largest absolute Gasteiger partial charge is 0.494 e. The van der Waals surface area contributed by atoms with Crippen molar-refractivity contribution < 1.29 is 18.8 Å². The number of benzene rings is 2. The third-order valence-corrected chi connectivity index (χ3v) is 4.80. The number of nitro benzene ring substituents is 1. The first-order chi connectivity index (χ1) is 15.3. The molecule has 2 aromatic carbocycles. The summed E-state index contributed by atoms with van der Waals surface area (Å²) in [6.07, 6.45) is 3.10. The number of rotatable bonds is 6. The quantitative estimate of drug-likeness (QED) is 0.345. The molecule has 32 heavy (non-hydrogen) atoms. The third-order valence-electron chi connectivity index (χ3n) is 4.80. The molecule has 0 aliphatic heterocycles. The van der Waals surface area contributed by atoms with E-state index in [-0.39, 0.29) is 22.9 Å². The molecule has 0 fully saturated rings. The molecular weight excluding hydrogens is 421 g/mol. The number of ether oxygens (including phenoxy) is 1. The molecule has 0 bridgehead atoms. The van der Waals surface area contributed by atoms with Crippen molar-refractivity contribution in [3.8, 4) is 17.0 Å². The Morgan fingerprint density at radius 1 is 1.31 bits per heavy atom. The predicted molar refractivity (Wildman–Crippen MR) is 113 cm³/mol. The number of halogens is 1. The fourth-order valence-electron chi connectivity index (χ4n) is 3.24. The van der Waals surface area contributed by atoms with Crippen LogP contribution in [0.3, 0.4) is 0 Å². The van der Waals surface area contributed by atoms with Crippen LogP contribution >= 0.6 is 0 Å². The second kappa shape index (κ2) is 7.91. The van der Waals surface area contributed by atoms with Gasteiger partial charge >= 0.3 is 5.69 Å². The Labute approximate surface area is 179 Å². The topological polar surface area (TPSA) is 151 Å². The Kier molecular flexibility index (Phi) is 5.10. The lowest BCUT2D eigenvalue weighted by molar-refractivity contribution is -0.387. The molecule has 1 amide bonds. The lowest BCUT2D eigenvalue weighted by Gasteiger charge is -2.11. The van der Waals surface area contributed by atoms with Crippen molar-refractivity contribution in [3.05, 3.63) is 64.2 Å². The fraction of sp³-hybridized carbons (Fsp3) is 0.100. The Bertz CT molecular complexity index is 1390. The maximum absolute atomic E-state index is 13.9. The molecular formula is C20H16FN7O4. The smallest absolute Gasteiger partial charge is 0.307 e. The van der Waals surface area contributed by atoms with Gasteiger partial charge < -0.3 is 15.8 Å². The minimum atomic E-state index is -1.03. The molecule has 0 atom stereocenters. The van der Waals surface area contributed by atoms with Crippen LogP contribution in [0, 0.1) is 15.9 Å². The SMILES string of the molecule is COc1cc(F)c([N+](=O)[O-])cc1Nc1nccc(-c2cc(C(N)=O)cc3c2cnn3C)n1. The van der Waals surface area contributed by atoms with Gasteiger partial charge in [0, 0.05) is 41.9 Å². The highest BCUT2D eigenvalue weighted by Crippen LogP contribution is 2.34. The van der Waals surface area contributed by atoms with Crippen LogP contribution < -0.4 is 15.8 Å². The lowest BCUT2D eigenvalue weighted by atomic mass is 10.0. The van der Waals surface area contributed by atoms with E-state index >= 15 is 0 Å². The zero-order valence-electron chi connectivity index (χ0n) is 16.9. The average molecular weight is 437 g/mol. The van der Waals surface area contributed by atoms with E-state index in [9.17, 15) is 19.3 Å². The number of hydrogen-bond donors (Lipinski definition) is 2. The molecule has 0 spiro atoms. The number of primary amides is 1. The minimum absolute atomic E-state index is 0.0347. The van der Waals surface area contributed by atoms with E-state index in [4.69, 9.17) is 10.5 Å². The number of aromatic nitrogens is 4. The first-order valence-corrected chi connectivity index (χ1v) is 9.16. The van der Waals surface area contributed by atoms with Crippen molar-refractivity contribution in [2.24, 2.45) is 12.8 Å². The fourth-order valence-corrected chi connectivity index (χ4v) is 3.24. The molecule has 4 aromatic rings. The number of hydrogen-bond acceptors (Lipinski definition) is 8. The monoisotopic (exact) mass is 437 g/mol. The van der Waals surface area contributed by atoms with Gasteiger partial charge in [-0.1, -0.05) is 0 Å². The molecule has 0 aliphatic carbocycles. The Balaban J connectivity index is 1.80. The molecule has 0 aliphatic rings. The zero-order chi connectivity index (χ0) is 23.0. The van der Waals surface area contributed by atoms with Gasteiger partial charge in [0.25, 0.3) is 0 Å². The summed E-state index contributed by atoms with van der Waals surface area (Å²) in [5.74, 6) is -1.53. The second-order valence-corrected chi connectivity index (χ2v) is 6.74. The van der Waals surface area contributed by atoms with Crippen molar-refractivity contribution in [3.63, 3.8) is 0 Å². The van der Waals surface area contributed by atoms with Crippen LogP contribution in [0.4, 0.5) is 21.7 Å². The van der Waals surface area contributed by atoms with Gasteiger partial charge in [0.15, 0.2) is 0 Å². The summed E-state index contributed by atoms with van der Waals surface area (Å²) in [5, 5.41) is 18.9. The first kappa shape index (κ1) is 20.7. The van der Waals surface area contributed by atoms with Crippen LogP contribution in [0.25, 0.3) is 22.2 Å². The molecule has 162 valence electrons. The number of nitrogens with zero attached hydrogens (tertiary/aromatic N) is 5. The van der Waals surface area contributed by atoms with Crippen molar-refractivity contribution in [2.75, 3.05) is 12.4 Å². The number of carbonyl (C=O) groups excluding carboxylic acids is 1. The van der Waals surface area contributed by atoms with E-state index in [1.165, 1.54) is 13.3 Å². The van der Waals surface area contributed by atoms with E-state index < -0.39 is 22.3 Å². The van der Waals surface area contributed by atoms with Gasteiger partial charge in [-0.2, -0.15) is 9.49 Å². The lowest BCUT2D eigenvalue weighted by Crippen LogP contribution is -2.11. The number of nitro groups is 1. The van der Waals surface area contributed by atoms with Crippen molar-refractivity contribution in [1.82, 2.24) is 19.7 Å². The van der Waals surface area contributed by atoms with Gasteiger partial charge in [0.1, 0.15) is 5.75 Å². The number of methoxy groups -OCH3 is 1. The Hall–Kier alpha value is -4.61. The van der Waals surface area contributed by atoms with E-state index in [1.54, 1.807) is 36.1 Å². The highest BCUT2D eigenvalue weighted by Gasteiger charge is 2.20. The van der Waals surface area contributed by atoms with Crippen molar-refractivity contribution >= 4 is 34.1 Å². The van der Waals surface area contributed by atoms with Crippen LogP contribution in [0.1, 0.15) is 10.4 Å². The highest BCUT2D eigenvalue weighted by atomic mass is 19.1. The maximum atomic E-state index is 13.9. The minimum Gasteiger partial charge on any atom is -0.494 e. The van der Waals surface area contributed by atoms with Crippen LogP contribution in [-0.4, -0.2) is 37.7 Å². The van der Waals surface area contributed by atoms with Crippen LogP contribution in [-0.2, 0) is 7.05 Å². The van der Waals surface area contributed by atoms with Crippen molar-refractivity contribution in [2.45, 2.75) is 0 Å². The highest BCUT2D eigenvalue weighted by molar-refractivity contribution is 6.02. The molecule has 0 radical (unpaired) electrons. The first-order valence-electron chi connectivity index (χ1n) is 9.16. The van der Waals surface area contributed by atoms with E-state index in [0.717, 1.165) is 17.5 Å². The number of amides is 1. The number of nitrogens with one attached hydrogen (secondary N) is 1. The van der Waals surface area contributed by atoms with E-state index in [2.05, 4.69) is 20.4 Å². The summed E-state index contributed by atoms with van der Waals surface area (Å²) in [4.78, 5) is 30.6. The number of nitrogens with two attached hydrogens (primary N) is 1. The number of fused-ring (bicyclic) bond motifs is 1. The molecule has 0 saturated heterocycles. The summed E-state index contributed by atoms with van der Waals surface area (Å²) in [5.41, 5.74) is 6.84. The number of carbonyl (C=O) groups is 1. The van der Waals surface area contributed by atoms with Gasteiger partial charge in [-0.05, 0) is 18.2 Å². The molecule has 2 heterocycles. The molecule has 4 rings (SSSR count). The predicted octanol–water partition coefficient (Wildman–Crippen LogP) is 2.93. The summed E-state index contributed by atoms with van der Waals surface area (Å²) in [7, 11) is 3.04. The normalized spacial score (nSPS) is 10.8. The molecule has 2 aromatic heterocycles. The van der Waals surface area contributed by atoms with Gasteiger partial charge in [-0.15, -0.1) is 0 Å². The molecule has 3 N–H and O–H groups in total.